The van der Waals surface area contributed by atoms with Crippen molar-refractivity contribution in [2.45, 2.75) is 13.8 Å². The molecule has 1 N–H and O–H groups in total. The molecule has 2 aromatic rings. The van der Waals surface area contributed by atoms with Crippen LogP contribution >= 0.6 is 0 Å². The smallest absolute Gasteiger partial charge is 0.363 e. The molecule has 27 heavy (non-hydrogen) atoms. The quantitative estimate of drug-likeness (QED) is 0.657. The Kier molecular flexibility index (Phi) is 4.89. The minimum Gasteiger partial charge on any atom is -0.465 e. The number of carbonyl (C=O) groups is 3. The van der Waals surface area contributed by atoms with Crippen LogP contribution in [0, 0.1) is 6.92 Å². The predicted octanol–water partition coefficient (Wildman–Crippen LogP) is 2.68. The largest absolute Gasteiger partial charge is 0.465 e. The third-order valence-electron chi connectivity index (χ3n) is 3.69. The second-order valence-corrected chi connectivity index (χ2v) is 5.70. The van der Waals surface area contributed by atoms with E-state index in [1.54, 1.807) is 31.2 Å². The lowest BCUT2D eigenvalue weighted by Crippen LogP contribution is -2.07. The highest BCUT2D eigenvalue weighted by atomic mass is 16.6. The molecule has 1 aliphatic heterocycles. The molecule has 0 aliphatic carbocycles. The average molecular weight is 368 g/mol. The van der Waals surface area contributed by atoms with Gasteiger partial charge in [-0.1, -0.05) is 0 Å². The van der Waals surface area contributed by atoms with Crippen molar-refractivity contribution in [3.8, 4) is 0 Å². The molecule has 0 saturated heterocycles. The van der Waals surface area contributed by atoms with Crippen molar-refractivity contribution in [3.05, 3.63) is 58.7 Å². The molecular formula is C19H16N2O6. The molecule has 0 atom stereocenters. The van der Waals surface area contributed by atoms with Crippen molar-refractivity contribution in [2.24, 2.45) is 4.99 Å². The highest BCUT2D eigenvalue weighted by Gasteiger charge is 2.25. The number of esters is 2. The molecule has 2 heterocycles. The van der Waals surface area contributed by atoms with Crippen LogP contribution in [0.1, 0.15) is 34.4 Å². The molecule has 0 fully saturated rings. The van der Waals surface area contributed by atoms with Crippen LogP contribution in [0.5, 0.6) is 0 Å². The van der Waals surface area contributed by atoms with Gasteiger partial charge in [0, 0.05) is 24.3 Å². The molecule has 0 spiro atoms. The Morgan fingerprint density at radius 1 is 1.22 bits per heavy atom. The number of benzene rings is 1. The minimum atomic E-state index is -0.635. The maximum atomic E-state index is 12.1. The van der Waals surface area contributed by atoms with E-state index in [4.69, 9.17) is 9.15 Å². The number of ether oxygens (including phenoxy) is 2. The molecule has 1 amide bonds. The number of hydrogen-bond acceptors (Lipinski definition) is 7. The minimum absolute atomic E-state index is 0.0427. The van der Waals surface area contributed by atoms with Crippen LogP contribution < -0.4 is 5.32 Å². The Labute approximate surface area is 154 Å². The first-order chi connectivity index (χ1) is 12.9. The van der Waals surface area contributed by atoms with Crippen molar-refractivity contribution in [3.63, 3.8) is 0 Å². The van der Waals surface area contributed by atoms with E-state index in [1.165, 1.54) is 26.2 Å². The molecule has 0 saturated carbocycles. The highest BCUT2D eigenvalue weighted by molar-refractivity contribution is 6.13. The van der Waals surface area contributed by atoms with E-state index in [9.17, 15) is 14.4 Å². The second kappa shape index (κ2) is 7.28. The number of aliphatic imine (C=N–C) groups is 1. The fourth-order valence-corrected chi connectivity index (χ4v) is 2.46. The van der Waals surface area contributed by atoms with E-state index in [0.717, 1.165) is 0 Å². The molecule has 0 radical (unpaired) electrons. The first-order valence-corrected chi connectivity index (χ1v) is 7.96. The Morgan fingerprint density at radius 3 is 2.56 bits per heavy atom. The van der Waals surface area contributed by atoms with Crippen LogP contribution in [-0.4, -0.2) is 30.9 Å². The van der Waals surface area contributed by atoms with Gasteiger partial charge in [0.05, 0.1) is 7.11 Å². The summed E-state index contributed by atoms with van der Waals surface area (Å²) in [5, 5.41) is 2.65. The van der Waals surface area contributed by atoms with Crippen molar-refractivity contribution >= 4 is 35.5 Å². The zero-order valence-electron chi connectivity index (χ0n) is 14.9. The number of rotatable bonds is 4. The van der Waals surface area contributed by atoms with Gasteiger partial charge in [0.15, 0.2) is 5.70 Å². The number of hydrogen-bond donors (Lipinski definition) is 1. The molecular weight excluding hydrogens is 352 g/mol. The third kappa shape index (κ3) is 3.95. The monoisotopic (exact) mass is 368 g/mol. The number of amides is 1. The van der Waals surface area contributed by atoms with Crippen LogP contribution in [0.2, 0.25) is 0 Å². The van der Waals surface area contributed by atoms with E-state index in [1.807, 2.05) is 0 Å². The summed E-state index contributed by atoms with van der Waals surface area (Å²) < 4.78 is 15.3. The fourth-order valence-electron chi connectivity index (χ4n) is 2.46. The van der Waals surface area contributed by atoms with Gasteiger partial charge in [0.1, 0.15) is 17.1 Å². The molecule has 1 aromatic carbocycles. The lowest BCUT2D eigenvalue weighted by Gasteiger charge is -2.03. The Bertz CT molecular complexity index is 982. The Hall–Kier alpha value is -3.68. The third-order valence-corrected chi connectivity index (χ3v) is 3.69. The SMILES string of the molecule is COC(=O)c1cc(/C=C2/N=C(c3ccc(NC(C)=O)cc3)OC2=O)oc1C. The number of anilines is 1. The first kappa shape index (κ1) is 18.1. The number of nitrogens with zero attached hydrogens (tertiary/aromatic N) is 1. The van der Waals surface area contributed by atoms with Gasteiger partial charge < -0.3 is 19.2 Å². The van der Waals surface area contributed by atoms with E-state index >= 15 is 0 Å². The number of nitrogens with one attached hydrogen (secondary N) is 1. The van der Waals surface area contributed by atoms with E-state index in [2.05, 4.69) is 15.0 Å². The van der Waals surface area contributed by atoms with Gasteiger partial charge >= 0.3 is 11.9 Å². The summed E-state index contributed by atoms with van der Waals surface area (Å²) in [5.41, 5.74) is 1.51. The fraction of sp³-hybridized carbons (Fsp3) is 0.158. The number of furan rings is 1. The zero-order chi connectivity index (χ0) is 19.6. The normalized spacial score (nSPS) is 14.7. The predicted molar refractivity (Wildman–Crippen MR) is 96.1 cm³/mol. The maximum absolute atomic E-state index is 12.1. The van der Waals surface area contributed by atoms with Gasteiger partial charge in [-0.15, -0.1) is 0 Å². The van der Waals surface area contributed by atoms with Crippen LogP contribution in [0.3, 0.4) is 0 Å². The van der Waals surface area contributed by atoms with Crippen LogP contribution in [0.25, 0.3) is 6.08 Å². The maximum Gasteiger partial charge on any atom is 0.363 e. The van der Waals surface area contributed by atoms with Crippen LogP contribution in [0.15, 0.2) is 45.4 Å². The molecule has 138 valence electrons. The van der Waals surface area contributed by atoms with Crippen LogP contribution in [-0.2, 0) is 19.1 Å². The summed E-state index contributed by atoms with van der Waals surface area (Å²) in [5.74, 6) is -0.554. The van der Waals surface area contributed by atoms with Gasteiger partial charge in [-0.3, -0.25) is 4.79 Å². The van der Waals surface area contributed by atoms with Gasteiger partial charge in [0.25, 0.3) is 0 Å². The summed E-state index contributed by atoms with van der Waals surface area (Å²) in [4.78, 5) is 38.9. The number of carbonyl (C=O) groups excluding carboxylic acids is 3. The Balaban J connectivity index is 1.85. The summed E-state index contributed by atoms with van der Waals surface area (Å²) in [7, 11) is 1.27. The van der Waals surface area contributed by atoms with E-state index in [0.29, 0.717) is 17.0 Å². The summed E-state index contributed by atoms with van der Waals surface area (Å²) >= 11 is 0. The topological polar surface area (TPSA) is 107 Å². The van der Waals surface area contributed by atoms with Crippen molar-refractivity contribution in [1.82, 2.24) is 0 Å². The number of methoxy groups -OCH3 is 1. The average Bonchev–Trinajstić information content (AvgIpc) is 3.17. The van der Waals surface area contributed by atoms with Crippen molar-refractivity contribution < 1.29 is 28.3 Å². The lowest BCUT2D eigenvalue weighted by atomic mass is 10.2. The molecule has 1 aliphatic rings. The number of cyclic esters (lactones) is 1. The summed E-state index contributed by atoms with van der Waals surface area (Å²) in [6, 6.07) is 8.16. The van der Waals surface area contributed by atoms with Gasteiger partial charge in [0.2, 0.25) is 11.8 Å². The zero-order valence-corrected chi connectivity index (χ0v) is 14.9. The first-order valence-electron chi connectivity index (χ1n) is 7.96. The Morgan fingerprint density at radius 2 is 1.93 bits per heavy atom. The summed E-state index contributed by atoms with van der Waals surface area (Å²) in [6.07, 6.45) is 1.39. The van der Waals surface area contributed by atoms with Gasteiger partial charge in [-0.2, -0.15) is 0 Å². The van der Waals surface area contributed by atoms with Gasteiger partial charge in [-0.25, -0.2) is 14.6 Å². The van der Waals surface area contributed by atoms with E-state index < -0.39 is 11.9 Å². The molecule has 0 bridgehead atoms. The molecule has 0 unspecified atom stereocenters. The number of aryl methyl sites for hydroxylation is 1. The summed E-state index contributed by atoms with van der Waals surface area (Å²) in [6.45, 7) is 3.03. The van der Waals surface area contributed by atoms with Gasteiger partial charge in [-0.05, 0) is 37.3 Å². The standard InChI is InChI=1S/C19H16N2O6/c1-10-15(18(23)25-3)8-14(26-10)9-16-19(24)27-17(21-16)12-4-6-13(7-5-12)20-11(2)22/h4-9H,1-3H3,(H,20,22)/b16-9+. The highest BCUT2D eigenvalue weighted by Crippen LogP contribution is 2.23. The molecule has 3 rings (SSSR count). The molecule has 8 nitrogen and oxygen atoms in total. The molecule has 8 heteroatoms. The van der Waals surface area contributed by atoms with Crippen LogP contribution in [0.4, 0.5) is 5.69 Å². The van der Waals surface area contributed by atoms with Crippen molar-refractivity contribution in [1.29, 1.82) is 0 Å². The van der Waals surface area contributed by atoms with Crippen molar-refractivity contribution in [2.75, 3.05) is 12.4 Å². The van der Waals surface area contributed by atoms with E-state index in [-0.39, 0.29) is 28.8 Å². The second-order valence-electron chi connectivity index (χ2n) is 5.70. The lowest BCUT2D eigenvalue weighted by molar-refractivity contribution is -0.130. The molecule has 1 aromatic heterocycles.